The van der Waals surface area contributed by atoms with Gasteiger partial charge in [0, 0.05) is 5.70 Å². The summed E-state index contributed by atoms with van der Waals surface area (Å²) in [5.74, 6) is -1.15. The number of phenolic OH excluding ortho intramolecular Hbond substituents is 1. The Morgan fingerprint density at radius 1 is 1.19 bits per heavy atom. The van der Waals surface area contributed by atoms with Crippen molar-refractivity contribution < 1.29 is 19.4 Å². The van der Waals surface area contributed by atoms with E-state index in [1.54, 1.807) is 13.0 Å². The van der Waals surface area contributed by atoms with E-state index in [1.807, 2.05) is 0 Å². The van der Waals surface area contributed by atoms with Crippen LogP contribution >= 0.6 is 0 Å². The smallest absolute Gasteiger partial charge is 0.336 e. The van der Waals surface area contributed by atoms with Gasteiger partial charge in [0.1, 0.15) is 5.82 Å². The predicted molar refractivity (Wildman–Crippen MR) is 92.5 cm³/mol. The second-order valence-corrected chi connectivity index (χ2v) is 5.72. The third-order valence-electron chi connectivity index (χ3n) is 4.22. The van der Waals surface area contributed by atoms with Crippen molar-refractivity contribution >= 4 is 11.8 Å². The number of methoxy groups -OCH3 is 2. The van der Waals surface area contributed by atoms with Gasteiger partial charge in [0.25, 0.3) is 5.56 Å². The van der Waals surface area contributed by atoms with Gasteiger partial charge in [0.2, 0.25) is 0 Å². The Morgan fingerprint density at radius 2 is 1.92 bits per heavy atom. The highest BCUT2D eigenvalue weighted by molar-refractivity contribution is 5.94. The van der Waals surface area contributed by atoms with Crippen LogP contribution in [0.4, 0.5) is 5.82 Å². The molecule has 136 valence electrons. The van der Waals surface area contributed by atoms with Gasteiger partial charge in [-0.25, -0.2) is 9.59 Å². The van der Waals surface area contributed by atoms with Gasteiger partial charge in [0.05, 0.1) is 31.3 Å². The number of esters is 1. The molecular weight excluding hydrogens is 342 g/mol. The number of rotatable bonds is 3. The third-order valence-corrected chi connectivity index (χ3v) is 4.22. The predicted octanol–water partition coefficient (Wildman–Crippen LogP) is 0.782. The van der Waals surface area contributed by atoms with Crippen LogP contribution in [0.15, 0.2) is 39.1 Å². The van der Waals surface area contributed by atoms with Crippen molar-refractivity contribution in [1.82, 2.24) is 9.97 Å². The van der Waals surface area contributed by atoms with E-state index >= 15 is 0 Å². The summed E-state index contributed by atoms with van der Waals surface area (Å²) in [6.45, 7) is 1.64. The maximum atomic E-state index is 12.5. The van der Waals surface area contributed by atoms with Gasteiger partial charge in [-0.2, -0.15) is 0 Å². The van der Waals surface area contributed by atoms with E-state index in [-0.39, 0.29) is 28.5 Å². The number of aromatic nitrogens is 2. The van der Waals surface area contributed by atoms with E-state index < -0.39 is 23.1 Å². The van der Waals surface area contributed by atoms with Gasteiger partial charge >= 0.3 is 11.7 Å². The van der Waals surface area contributed by atoms with Crippen LogP contribution in [0.1, 0.15) is 24.0 Å². The molecule has 0 bridgehead atoms. The first-order valence-corrected chi connectivity index (χ1v) is 7.66. The number of carbonyl (C=O) groups excluding carboxylic acids is 1. The van der Waals surface area contributed by atoms with Crippen molar-refractivity contribution in [2.45, 2.75) is 12.8 Å². The van der Waals surface area contributed by atoms with Gasteiger partial charge in [-0.3, -0.25) is 14.8 Å². The number of hydrogen-bond donors (Lipinski definition) is 4. The molecule has 0 amide bonds. The quantitative estimate of drug-likeness (QED) is 0.595. The lowest BCUT2D eigenvalue weighted by Crippen LogP contribution is -2.34. The summed E-state index contributed by atoms with van der Waals surface area (Å²) in [7, 11) is 2.63. The number of aromatic amines is 2. The minimum absolute atomic E-state index is 0.0823. The number of anilines is 1. The van der Waals surface area contributed by atoms with Crippen LogP contribution in [0.2, 0.25) is 0 Å². The van der Waals surface area contributed by atoms with Crippen molar-refractivity contribution in [1.29, 1.82) is 0 Å². The lowest BCUT2D eigenvalue weighted by molar-refractivity contribution is -0.136. The summed E-state index contributed by atoms with van der Waals surface area (Å²) < 4.78 is 9.99. The average Bonchev–Trinajstić information content (AvgIpc) is 2.60. The van der Waals surface area contributed by atoms with E-state index in [0.29, 0.717) is 11.3 Å². The number of hydrogen-bond acceptors (Lipinski definition) is 7. The van der Waals surface area contributed by atoms with Crippen molar-refractivity contribution in [3.63, 3.8) is 0 Å². The molecule has 1 aliphatic rings. The van der Waals surface area contributed by atoms with E-state index in [4.69, 9.17) is 9.47 Å². The fraction of sp³-hybridized carbons (Fsp3) is 0.235. The number of carbonyl (C=O) groups is 1. The first-order valence-electron chi connectivity index (χ1n) is 7.66. The molecule has 4 N–H and O–H groups in total. The number of phenols is 1. The summed E-state index contributed by atoms with van der Waals surface area (Å²) >= 11 is 0. The molecule has 1 aromatic heterocycles. The van der Waals surface area contributed by atoms with E-state index in [9.17, 15) is 19.5 Å². The van der Waals surface area contributed by atoms with Gasteiger partial charge in [0.15, 0.2) is 11.5 Å². The molecule has 1 aliphatic heterocycles. The van der Waals surface area contributed by atoms with Crippen LogP contribution < -0.4 is 21.3 Å². The van der Waals surface area contributed by atoms with Crippen LogP contribution in [-0.2, 0) is 9.53 Å². The van der Waals surface area contributed by atoms with Crippen LogP contribution in [0.3, 0.4) is 0 Å². The van der Waals surface area contributed by atoms with Crippen molar-refractivity contribution in [2.75, 3.05) is 19.5 Å². The first kappa shape index (κ1) is 17.3. The lowest BCUT2D eigenvalue weighted by Gasteiger charge is -2.28. The lowest BCUT2D eigenvalue weighted by atomic mass is 9.82. The highest BCUT2D eigenvalue weighted by Crippen LogP contribution is 2.41. The molecule has 2 aromatic rings. The highest BCUT2D eigenvalue weighted by atomic mass is 16.5. The molecule has 26 heavy (non-hydrogen) atoms. The number of H-pyrrole nitrogens is 2. The number of ether oxygens (including phenoxy) is 2. The maximum Gasteiger partial charge on any atom is 0.336 e. The Hall–Kier alpha value is -3.49. The van der Waals surface area contributed by atoms with Crippen molar-refractivity contribution in [2.24, 2.45) is 0 Å². The molecule has 2 heterocycles. The molecule has 9 heteroatoms. The monoisotopic (exact) mass is 359 g/mol. The number of fused-ring (bicyclic) bond motifs is 1. The minimum atomic E-state index is -0.825. The van der Waals surface area contributed by atoms with Gasteiger partial charge in [-0.05, 0) is 24.6 Å². The molecule has 0 saturated heterocycles. The Bertz CT molecular complexity index is 1030. The standard InChI is InChI=1S/C17H17N3O6/c1-7-11(16(23)26-3)12(8-4-5-9(21)10(6-8)25-2)13-14(18-7)19-17(24)20-15(13)22/h4-6,12,21H,1-3H3,(H3,18,19,20,22,24)/t12-/m0/s1. The molecule has 9 nitrogen and oxygen atoms in total. The first-order chi connectivity index (χ1) is 12.4. The largest absolute Gasteiger partial charge is 0.504 e. The fourth-order valence-corrected chi connectivity index (χ4v) is 3.07. The second kappa shape index (κ2) is 6.43. The molecule has 0 fully saturated rings. The summed E-state index contributed by atoms with van der Waals surface area (Å²) in [5.41, 5.74) is 0.00998. The van der Waals surface area contributed by atoms with Gasteiger partial charge in [-0.15, -0.1) is 0 Å². The fourth-order valence-electron chi connectivity index (χ4n) is 3.07. The number of allylic oxidation sites excluding steroid dienone is 1. The summed E-state index contributed by atoms with van der Waals surface area (Å²) in [6.07, 6.45) is 0. The van der Waals surface area contributed by atoms with E-state index in [0.717, 1.165) is 0 Å². The number of benzene rings is 1. The zero-order chi connectivity index (χ0) is 19.0. The molecule has 0 saturated carbocycles. The molecule has 0 spiro atoms. The Labute approximate surface area is 147 Å². The molecule has 1 atom stereocenters. The van der Waals surface area contributed by atoms with E-state index in [1.165, 1.54) is 26.4 Å². The maximum absolute atomic E-state index is 12.5. The highest BCUT2D eigenvalue weighted by Gasteiger charge is 2.36. The molecular formula is C17H17N3O6. The summed E-state index contributed by atoms with van der Waals surface area (Å²) in [4.78, 5) is 41.2. The Kier molecular flexibility index (Phi) is 4.29. The van der Waals surface area contributed by atoms with Crippen LogP contribution in [0.25, 0.3) is 0 Å². The zero-order valence-electron chi connectivity index (χ0n) is 14.3. The third kappa shape index (κ3) is 2.73. The van der Waals surface area contributed by atoms with Crippen LogP contribution in [0.5, 0.6) is 11.5 Å². The van der Waals surface area contributed by atoms with Gasteiger partial charge in [-0.1, -0.05) is 6.07 Å². The zero-order valence-corrected chi connectivity index (χ0v) is 14.3. The van der Waals surface area contributed by atoms with Crippen LogP contribution in [-0.4, -0.2) is 35.3 Å². The second-order valence-electron chi connectivity index (χ2n) is 5.72. The molecule has 3 rings (SSSR count). The normalized spacial score (nSPS) is 15.9. The minimum Gasteiger partial charge on any atom is -0.504 e. The topological polar surface area (TPSA) is 134 Å². The Balaban J connectivity index is 2.33. The van der Waals surface area contributed by atoms with Crippen molar-refractivity contribution in [3.8, 4) is 11.5 Å². The number of nitrogens with one attached hydrogen (secondary N) is 3. The van der Waals surface area contributed by atoms with Crippen molar-refractivity contribution in [3.05, 3.63) is 61.4 Å². The Morgan fingerprint density at radius 3 is 2.58 bits per heavy atom. The number of aromatic hydroxyl groups is 1. The van der Waals surface area contributed by atoms with Gasteiger partial charge < -0.3 is 19.9 Å². The molecule has 0 radical (unpaired) electrons. The molecule has 0 aliphatic carbocycles. The molecule has 0 unspecified atom stereocenters. The van der Waals surface area contributed by atoms with Crippen LogP contribution in [0, 0.1) is 0 Å². The molecule has 1 aromatic carbocycles. The summed E-state index contributed by atoms with van der Waals surface area (Å²) in [6, 6.07) is 4.49. The van der Waals surface area contributed by atoms with E-state index in [2.05, 4.69) is 15.3 Å². The average molecular weight is 359 g/mol. The SMILES string of the molecule is COC(=O)C1=C(C)Nc2[nH]c(=O)[nH]c(=O)c2[C@H]1c1ccc(O)c(OC)c1. The summed E-state index contributed by atoms with van der Waals surface area (Å²) in [5, 5.41) is 12.7.